The Morgan fingerprint density at radius 2 is 2.08 bits per heavy atom. The van der Waals surface area contributed by atoms with Crippen molar-refractivity contribution < 1.29 is 19.1 Å². The number of carbonyl (C=O) groups excluding carboxylic acids is 3. The number of ether oxygens (including phenoxy) is 1. The molecular weight excluding hydrogens is 474 g/mol. The molecule has 37 heavy (non-hydrogen) atoms. The standard InChI is InChI=1S/C26H29N7O4/c27-12-19-13-28-23(11-21(19)29-20-5-1-2-6-20)31-26(36)33-7-3-4-17-10-18(22(15-34)30-25(17)33)14-32-8-9-37-16-24(32)35/h10-11,13,15,20H,1-9,14,16H2,(H2,28,29,31,36). The van der Waals surface area contributed by atoms with Crippen LogP contribution in [0.5, 0.6) is 0 Å². The van der Waals surface area contributed by atoms with Crippen LogP contribution in [0.2, 0.25) is 0 Å². The maximum absolute atomic E-state index is 13.3. The number of anilines is 3. The summed E-state index contributed by atoms with van der Waals surface area (Å²) in [5, 5.41) is 15.7. The monoisotopic (exact) mass is 503 g/mol. The lowest BCUT2D eigenvalue weighted by atomic mass is 10.0. The van der Waals surface area contributed by atoms with Crippen LogP contribution < -0.4 is 15.5 Å². The van der Waals surface area contributed by atoms with Crippen molar-refractivity contribution in [3.63, 3.8) is 0 Å². The number of carbonyl (C=O) groups is 3. The van der Waals surface area contributed by atoms with E-state index in [0.717, 1.165) is 37.7 Å². The van der Waals surface area contributed by atoms with Gasteiger partial charge in [-0.05, 0) is 37.3 Å². The molecule has 2 aliphatic heterocycles. The molecule has 0 bridgehead atoms. The minimum atomic E-state index is -0.412. The van der Waals surface area contributed by atoms with Gasteiger partial charge in [-0.2, -0.15) is 5.26 Å². The number of urea groups is 1. The summed E-state index contributed by atoms with van der Waals surface area (Å²) in [5.41, 5.74) is 2.79. The molecule has 0 unspecified atom stereocenters. The molecule has 2 N–H and O–H groups in total. The Labute approximate surface area is 214 Å². The van der Waals surface area contributed by atoms with E-state index in [2.05, 4.69) is 26.7 Å². The molecule has 1 aliphatic carbocycles. The summed E-state index contributed by atoms with van der Waals surface area (Å²) in [6, 6.07) is 5.61. The highest BCUT2D eigenvalue weighted by atomic mass is 16.5. The third-order valence-electron chi connectivity index (χ3n) is 7.05. The normalized spacial score (nSPS) is 17.8. The van der Waals surface area contributed by atoms with Crippen LogP contribution in [0.15, 0.2) is 18.3 Å². The van der Waals surface area contributed by atoms with Crippen molar-refractivity contribution in [1.82, 2.24) is 14.9 Å². The van der Waals surface area contributed by atoms with Gasteiger partial charge in [-0.15, -0.1) is 0 Å². The zero-order chi connectivity index (χ0) is 25.8. The molecule has 2 fully saturated rings. The van der Waals surface area contributed by atoms with E-state index in [-0.39, 0.29) is 24.8 Å². The van der Waals surface area contributed by atoms with Gasteiger partial charge < -0.3 is 15.0 Å². The third kappa shape index (κ3) is 5.39. The first-order valence-corrected chi connectivity index (χ1v) is 12.6. The molecular formula is C26H29N7O4. The van der Waals surface area contributed by atoms with Crippen molar-refractivity contribution in [2.45, 2.75) is 51.1 Å². The molecule has 3 amide bonds. The summed E-state index contributed by atoms with van der Waals surface area (Å²) in [5.74, 6) is 0.633. The molecule has 2 aromatic rings. The topological polar surface area (TPSA) is 141 Å². The second-order valence-electron chi connectivity index (χ2n) is 9.54. The van der Waals surface area contributed by atoms with E-state index >= 15 is 0 Å². The lowest BCUT2D eigenvalue weighted by molar-refractivity contribution is -0.143. The molecule has 11 nitrogen and oxygen atoms in total. The Bertz CT molecular complexity index is 1250. The Morgan fingerprint density at radius 1 is 1.24 bits per heavy atom. The number of hydrogen-bond donors (Lipinski definition) is 2. The SMILES string of the molecule is N#Cc1cnc(NC(=O)N2CCCc3cc(CN4CCOCC4=O)c(C=O)nc32)cc1NC1CCCC1. The summed E-state index contributed by atoms with van der Waals surface area (Å²) in [4.78, 5) is 49.3. The number of morpholine rings is 1. The highest BCUT2D eigenvalue weighted by Gasteiger charge is 2.28. The maximum atomic E-state index is 13.3. The summed E-state index contributed by atoms with van der Waals surface area (Å²) in [6.45, 7) is 1.65. The van der Waals surface area contributed by atoms with Gasteiger partial charge in [0.25, 0.3) is 0 Å². The van der Waals surface area contributed by atoms with E-state index in [9.17, 15) is 19.6 Å². The van der Waals surface area contributed by atoms with E-state index in [1.165, 1.54) is 11.1 Å². The second-order valence-corrected chi connectivity index (χ2v) is 9.54. The van der Waals surface area contributed by atoms with Crippen molar-refractivity contribution in [3.8, 4) is 6.07 Å². The van der Waals surface area contributed by atoms with Gasteiger partial charge >= 0.3 is 6.03 Å². The van der Waals surface area contributed by atoms with Crippen LogP contribution in [0.25, 0.3) is 0 Å². The number of nitrogens with one attached hydrogen (secondary N) is 2. The predicted molar refractivity (Wildman–Crippen MR) is 135 cm³/mol. The summed E-state index contributed by atoms with van der Waals surface area (Å²) < 4.78 is 5.19. The van der Waals surface area contributed by atoms with E-state index in [0.29, 0.717) is 66.9 Å². The highest BCUT2D eigenvalue weighted by Crippen LogP contribution is 2.29. The van der Waals surface area contributed by atoms with Crippen LogP contribution in [0.3, 0.4) is 0 Å². The molecule has 2 aromatic heterocycles. The Morgan fingerprint density at radius 3 is 2.84 bits per heavy atom. The van der Waals surface area contributed by atoms with Crippen LogP contribution in [0.1, 0.15) is 59.3 Å². The first-order chi connectivity index (χ1) is 18.1. The zero-order valence-electron chi connectivity index (χ0n) is 20.5. The number of fused-ring (bicyclic) bond motifs is 1. The average molecular weight is 504 g/mol. The molecule has 0 radical (unpaired) electrons. The fraction of sp³-hybridized carbons (Fsp3) is 0.462. The molecule has 11 heteroatoms. The maximum Gasteiger partial charge on any atom is 0.328 e. The molecule has 1 saturated heterocycles. The lowest BCUT2D eigenvalue weighted by Crippen LogP contribution is -2.42. The fourth-order valence-corrected chi connectivity index (χ4v) is 5.11. The number of aromatic nitrogens is 2. The van der Waals surface area contributed by atoms with Crippen molar-refractivity contribution >= 4 is 35.5 Å². The smallest absolute Gasteiger partial charge is 0.328 e. The van der Waals surface area contributed by atoms with Gasteiger partial charge in [-0.25, -0.2) is 14.8 Å². The van der Waals surface area contributed by atoms with Gasteiger partial charge in [0, 0.05) is 43.5 Å². The van der Waals surface area contributed by atoms with Crippen LogP contribution in [0.4, 0.5) is 22.1 Å². The van der Waals surface area contributed by atoms with Crippen LogP contribution >= 0.6 is 0 Å². The number of amides is 3. The summed E-state index contributed by atoms with van der Waals surface area (Å²) >= 11 is 0. The van der Waals surface area contributed by atoms with Crippen LogP contribution in [-0.2, 0) is 22.5 Å². The van der Waals surface area contributed by atoms with Crippen molar-refractivity contribution in [2.75, 3.05) is 41.8 Å². The molecule has 192 valence electrons. The molecule has 0 atom stereocenters. The zero-order valence-corrected chi connectivity index (χ0v) is 20.5. The van der Waals surface area contributed by atoms with E-state index in [4.69, 9.17) is 4.74 Å². The van der Waals surface area contributed by atoms with Gasteiger partial charge in [0.15, 0.2) is 6.29 Å². The molecule has 0 aromatic carbocycles. The molecule has 4 heterocycles. The number of hydrogen-bond acceptors (Lipinski definition) is 8. The second kappa shape index (κ2) is 10.9. The molecule has 5 rings (SSSR count). The average Bonchev–Trinajstić information content (AvgIpc) is 3.42. The van der Waals surface area contributed by atoms with E-state index in [1.807, 2.05) is 6.07 Å². The molecule has 3 aliphatic rings. The number of nitrogens with zero attached hydrogens (tertiary/aromatic N) is 5. The highest BCUT2D eigenvalue weighted by molar-refractivity contribution is 6.02. The summed E-state index contributed by atoms with van der Waals surface area (Å²) in [6.07, 6.45) is 7.96. The number of pyridine rings is 2. The minimum absolute atomic E-state index is 0.0318. The Balaban J connectivity index is 1.35. The first-order valence-electron chi connectivity index (χ1n) is 12.6. The number of aryl methyl sites for hydroxylation is 1. The van der Waals surface area contributed by atoms with Crippen molar-refractivity contribution in [2.24, 2.45) is 0 Å². The quantitative estimate of drug-likeness (QED) is 0.574. The number of rotatable bonds is 6. The van der Waals surface area contributed by atoms with E-state index < -0.39 is 6.03 Å². The van der Waals surface area contributed by atoms with Crippen molar-refractivity contribution in [3.05, 3.63) is 40.7 Å². The van der Waals surface area contributed by atoms with Crippen LogP contribution in [0, 0.1) is 11.3 Å². The largest absolute Gasteiger partial charge is 0.381 e. The number of nitriles is 1. The van der Waals surface area contributed by atoms with Gasteiger partial charge in [-0.1, -0.05) is 12.8 Å². The lowest BCUT2D eigenvalue weighted by Gasteiger charge is -2.31. The Hall–Kier alpha value is -4.04. The number of aldehydes is 1. The van der Waals surface area contributed by atoms with Gasteiger partial charge in [0.1, 0.15) is 30.0 Å². The van der Waals surface area contributed by atoms with Gasteiger partial charge in [0.2, 0.25) is 5.91 Å². The van der Waals surface area contributed by atoms with Crippen LogP contribution in [-0.4, -0.2) is 65.4 Å². The van der Waals surface area contributed by atoms with Gasteiger partial charge in [-0.3, -0.25) is 19.8 Å². The minimum Gasteiger partial charge on any atom is -0.381 e. The third-order valence-corrected chi connectivity index (χ3v) is 7.05. The Kier molecular flexibility index (Phi) is 7.28. The van der Waals surface area contributed by atoms with Gasteiger partial charge in [0.05, 0.1) is 17.9 Å². The van der Waals surface area contributed by atoms with E-state index in [1.54, 1.807) is 11.0 Å². The fourth-order valence-electron chi connectivity index (χ4n) is 5.11. The van der Waals surface area contributed by atoms with Crippen molar-refractivity contribution in [1.29, 1.82) is 5.26 Å². The first kappa shape index (κ1) is 24.6. The summed E-state index contributed by atoms with van der Waals surface area (Å²) in [7, 11) is 0. The predicted octanol–water partition coefficient (Wildman–Crippen LogP) is 2.86. The molecule has 1 saturated carbocycles. The molecule has 0 spiro atoms.